The summed E-state index contributed by atoms with van der Waals surface area (Å²) >= 11 is 7.50. The molecule has 0 spiro atoms. The normalized spacial score (nSPS) is 10.9. The van der Waals surface area contributed by atoms with Crippen LogP contribution in [0.3, 0.4) is 0 Å². The lowest BCUT2D eigenvalue weighted by atomic mass is 10.2. The maximum atomic E-state index is 6.35. The Morgan fingerprint density at radius 2 is 1.89 bits per heavy atom. The molecule has 0 aliphatic heterocycles. The van der Waals surface area contributed by atoms with E-state index in [1.54, 1.807) is 6.20 Å². The number of nitrogen functional groups attached to an aromatic ring is 1. The molecule has 0 aliphatic carbocycles. The van der Waals surface area contributed by atoms with Gasteiger partial charge in [-0.1, -0.05) is 41.6 Å². The summed E-state index contributed by atoms with van der Waals surface area (Å²) in [6.45, 7) is 1.98. The van der Waals surface area contributed by atoms with Gasteiger partial charge in [-0.15, -0.1) is 0 Å². The summed E-state index contributed by atoms with van der Waals surface area (Å²) in [4.78, 5) is 14.1. The van der Waals surface area contributed by atoms with Crippen LogP contribution in [0.4, 0.5) is 17.2 Å². The molecule has 5 nitrogen and oxygen atoms in total. The summed E-state index contributed by atoms with van der Waals surface area (Å²) in [6.07, 6.45) is 3.29. The van der Waals surface area contributed by atoms with Crippen molar-refractivity contribution in [3.63, 3.8) is 0 Å². The molecule has 7 heteroatoms. The number of rotatable bonds is 4. The first-order valence-corrected chi connectivity index (χ1v) is 9.46. The van der Waals surface area contributed by atoms with Crippen molar-refractivity contribution in [3.8, 4) is 0 Å². The van der Waals surface area contributed by atoms with Crippen LogP contribution in [-0.4, -0.2) is 15.0 Å². The minimum atomic E-state index is 0.491. The first-order chi connectivity index (χ1) is 13.1. The molecule has 4 aromatic rings. The van der Waals surface area contributed by atoms with E-state index in [2.05, 4.69) is 20.3 Å². The molecule has 0 radical (unpaired) electrons. The highest BCUT2D eigenvalue weighted by atomic mass is 35.5. The molecule has 0 aliphatic rings. The molecule has 27 heavy (non-hydrogen) atoms. The van der Waals surface area contributed by atoms with Gasteiger partial charge in [0.25, 0.3) is 0 Å². The lowest BCUT2D eigenvalue weighted by molar-refractivity contribution is 1.06. The van der Waals surface area contributed by atoms with E-state index >= 15 is 0 Å². The van der Waals surface area contributed by atoms with Crippen LogP contribution in [0.25, 0.3) is 10.9 Å². The van der Waals surface area contributed by atoms with E-state index in [9.17, 15) is 0 Å². The van der Waals surface area contributed by atoms with Gasteiger partial charge in [0.15, 0.2) is 5.82 Å². The van der Waals surface area contributed by atoms with Gasteiger partial charge in [0.2, 0.25) is 0 Å². The SMILES string of the molecule is Cc1cc(Cl)ccc1Nc1ncnc(Sc2cccc3cccnc23)c1N. The second-order valence-electron chi connectivity index (χ2n) is 5.96. The number of nitrogens with one attached hydrogen (secondary N) is 1. The van der Waals surface area contributed by atoms with Crippen molar-refractivity contribution in [2.75, 3.05) is 11.1 Å². The van der Waals surface area contributed by atoms with Crippen molar-refractivity contribution in [1.82, 2.24) is 15.0 Å². The largest absolute Gasteiger partial charge is 0.394 e. The number of nitrogens with zero attached hydrogens (tertiary/aromatic N) is 3. The van der Waals surface area contributed by atoms with E-state index in [-0.39, 0.29) is 0 Å². The number of para-hydroxylation sites is 1. The third kappa shape index (κ3) is 3.67. The Morgan fingerprint density at radius 1 is 1.04 bits per heavy atom. The van der Waals surface area contributed by atoms with Gasteiger partial charge >= 0.3 is 0 Å². The summed E-state index contributed by atoms with van der Waals surface area (Å²) in [5.41, 5.74) is 9.66. The zero-order valence-electron chi connectivity index (χ0n) is 14.5. The summed E-state index contributed by atoms with van der Waals surface area (Å²) < 4.78 is 0. The fourth-order valence-electron chi connectivity index (χ4n) is 2.72. The quantitative estimate of drug-likeness (QED) is 0.448. The Kier molecular flexibility index (Phi) is 4.83. The first kappa shape index (κ1) is 17.6. The molecule has 0 amide bonds. The maximum absolute atomic E-state index is 6.35. The van der Waals surface area contributed by atoms with Crippen LogP contribution in [0.5, 0.6) is 0 Å². The number of nitrogens with two attached hydrogens (primary N) is 1. The highest BCUT2D eigenvalue weighted by Gasteiger charge is 2.13. The van der Waals surface area contributed by atoms with Gasteiger partial charge in [-0.3, -0.25) is 4.98 Å². The van der Waals surface area contributed by atoms with Crippen LogP contribution in [0.1, 0.15) is 5.56 Å². The van der Waals surface area contributed by atoms with Crippen LogP contribution < -0.4 is 11.1 Å². The summed E-state index contributed by atoms with van der Waals surface area (Å²) in [7, 11) is 0. The molecule has 134 valence electrons. The van der Waals surface area contributed by atoms with Crippen LogP contribution in [-0.2, 0) is 0 Å². The smallest absolute Gasteiger partial charge is 0.158 e. The summed E-state index contributed by atoms with van der Waals surface area (Å²) in [5.74, 6) is 0.561. The van der Waals surface area contributed by atoms with E-state index in [1.165, 1.54) is 18.1 Å². The van der Waals surface area contributed by atoms with Gasteiger partial charge in [0, 0.05) is 27.2 Å². The van der Waals surface area contributed by atoms with Crippen molar-refractivity contribution in [2.45, 2.75) is 16.8 Å². The van der Waals surface area contributed by atoms with Crippen molar-refractivity contribution < 1.29 is 0 Å². The van der Waals surface area contributed by atoms with Gasteiger partial charge in [-0.05, 0) is 42.8 Å². The molecule has 4 rings (SSSR count). The third-order valence-corrected chi connectivity index (χ3v) is 5.39. The molecule has 2 heterocycles. The summed E-state index contributed by atoms with van der Waals surface area (Å²) in [6, 6.07) is 15.6. The number of benzene rings is 2. The highest BCUT2D eigenvalue weighted by molar-refractivity contribution is 7.99. The molecule has 0 atom stereocenters. The third-order valence-electron chi connectivity index (χ3n) is 4.09. The van der Waals surface area contributed by atoms with Crippen LogP contribution >= 0.6 is 23.4 Å². The molecule has 0 saturated carbocycles. The molecule has 3 N–H and O–H groups in total. The standard InChI is InChI=1S/C20H16ClN5S/c1-12-10-14(21)7-8-15(12)26-19-17(22)20(25-11-24-19)27-16-6-2-4-13-5-3-9-23-18(13)16/h2-11H,22H2,1H3,(H,24,25,26). The number of aromatic nitrogens is 3. The summed E-state index contributed by atoms with van der Waals surface area (Å²) in [5, 5.41) is 5.71. The van der Waals surface area contributed by atoms with Crippen molar-refractivity contribution in [3.05, 3.63) is 71.6 Å². The molecule has 0 saturated heterocycles. The van der Waals surface area contributed by atoms with Crippen LogP contribution in [0, 0.1) is 6.92 Å². The van der Waals surface area contributed by atoms with Gasteiger partial charge in [-0.25, -0.2) is 9.97 Å². The second-order valence-corrected chi connectivity index (χ2v) is 7.43. The average molecular weight is 394 g/mol. The zero-order chi connectivity index (χ0) is 18.8. The number of halogens is 1. The number of fused-ring (bicyclic) bond motifs is 1. The fraction of sp³-hybridized carbons (Fsp3) is 0.0500. The van der Waals surface area contributed by atoms with Gasteiger partial charge < -0.3 is 11.1 Å². The lowest BCUT2D eigenvalue weighted by Crippen LogP contribution is -2.03. The predicted octanol–water partition coefficient (Wildman–Crippen LogP) is 5.46. The number of aryl methyl sites for hydroxylation is 1. The van der Waals surface area contributed by atoms with Crippen molar-refractivity contribution >= 4 is 51.5 Å². The van der Waals surface area contributed by atoms with Gasteiger partial charge in [0.05, 0.1) is 5.52 Å². The topological polar surface area (TPSA) is 76.7 Å². The zero-order valence-corrected chi connectivity index (χ0v) is 16.1. The fourth-order valence-corrected chi connectivity index (χ4v) is 3.87. The average Bonchev–Trinajstić information content (AvgIpc) is 2.67. The number of anilines is 3. The Labute approximate surface area is 166 Å². The molecular weight excluding hydrogens is 378 g/mol. The lowest BCUT2D eigenvalue weighted by Gasteiger charge is -2.13. The predicted molar refractivity (Wildman–Crippen MR) is 112 cm³/mol. The van der Waals surface area contributed by atoms with Crippen molar-refractivity contribution in [2.24, 2.45) is 0 Å². The second kappa shape index (κ2) is 7.42. The van der Waals surface area contributed by atoms with Crippen LogP contribution in [0.15, 0.2) is 71.0 Å². The Bertz CT molecular complexity index is 1130. The van der Waals surface area contributed by atoms with E-state index < -0.39 is 0 Å². The van der Waals surface area contributed by atoms with E-state index in [1.807, 2.05) is 55.5 Å². The number of hydrogen-bond donors (Lipinski definition) is 2. The van der Waals surface area contributed by atoms with E-state index in [0.29, 0.717) is 21.6 Å². The molecule has 0 bridgehead atoms. The number of pyridine rings is 1. The maximum Gasteiger partial charge on any atom is 0.158 e. The monoisotopic (exact) mass is 393 g/mol. The van der Waals surface area contributed by atoms with E-state index in [0.717, 1.165) is 27.0 Å². The molecule has 0 unspecified atom stereocenters. The number of hydrogen-bond acceptors (Lipinski definition) is 6. The Hall–Kier alpha value is -2.83. The Balaban J connectivity index is 1.67. The van der Waals surface area contributed by atoms with Gasteiger partial charge in [0.1, 0.15) is 17.0 Å². The minimum Gasteiger partial charge on any atom is -0.394 e. The highest BCUT2D eigenvalue weighted by Crippen LogP contribution is 2.37. The first-order valence-electron chi connectivity index (χ1n) is 8.27. The molecule has 2 aromatic heterocycles. The molecule has 2 aromatic carbocycles. The Morgan fingerprint density at radius 3 is 2.74 bits per heavy atom. The van der Waals surface area contributed by atoms with Crippen molar-refractivity contribution in [1.29, 1.82) is 0 Å². The minimum absolute atomic E-state index is 0.491. The van der Waals surface area contributed by atoms with E-state index in [4.69, 9.17) is 17.3 Å². The molecule has 0 fully saturated rings. The van der Waals surface area contributed by atoms with Crippen LogP contribution in [0.2, 0.25) is 5.02 Å². The van der Waals surface area contributed by atoms with Gasteiger partial charge in [-0.2, -0.15) is 0 Å². The molecular formula is C20H16ClN5S.